The molecule has 0 radical (unpaired) electrons. The molecule has 4 aliphatic heterocycles. The summed E-state index contributed by atoms with van der Waals surface area (Å²) in [6, 6.07) is 9.08. The van der Waals surface area contributed by atoms with Crippen LogP contribution in [0.1, 0.15) is 5.56 Å². The average Bonchev–Trinajstić information content (AvgIpc) is 3.43. The van der Waals surface area contributed by atoms with Gasteiger partial charge in [0.15, 0.2) is 11.5 Å². The van der Waals surface area contributed by atoms with E-state index >= 15 is 0 Å². The molecule has 4 atom stereocenters. The number of benzene rings is 1. The molecule has 0 unspecified atom stereocenters. The molecule has 0 aliphatic carbocycles. The predicted molar refractivity (Wildman–Crippen MR) is 109 cm³/mol. The first-order valence-corrected chi connectivity index (χ1v) is 10.4. The van der Waals surface area contributed by atoms with Crippen molar-refractivity contribution in [3.8, 4) is 11.5 Å². The number of nitrogens with one attached hydrogen (secondary N) is 1. The maximum atomic E-state index is 13.3. The van der Waals surface area contributed by atoms with Gasteiger partial charge in [0.05, 0.1) is 24.5 Å². The van der Waals surface area contributed by atoms with Gasteiger partial charge in [-0.15, -0.1) is 0 Å². The highest BCUT2D eigenvalue weighted by atomic mass is 16.6. The van der Waals surface area contributed by atoms with Crippen LogP contribution in [-0.2, 0) is 20.9 Å². The fourth-order valence-corrected chi connectivity index (χ4v) is 5.07. The molecule has 8 heteroatoms. The topological polar surface area (TPSA) is 90.0 Å². The van der Waals surface area contributed by atoms with E-state index in [4.69, 9.17) is 14.2 Å². The molecule has 1 spiro atoms. The van der Waals surface area contributed by atoms with E-state index in [2.05, 4.69) is 10.3 Å². The Morgan fingerprint density at radius 2 is 1.97 bits per heavy atom. The van der Waals surface area contributed by atoms with Gasteiger partial charge in [0.1, 0.15) is 18.8 Å². The van der Waals surface area contributed by atoms with E-state index in [-0.39, 0.29) is 11.8 Å². The van der Waals surface area contributed by atoms with Crippen LogP contribution in [0.25, 0.3) is 0 Å². The molecule has 0 saturated carbocycles. The number of fused-ring (bicyclic) bond motifs is 2. The third-order valence-electron chi connectivity index (χ3n) is 6.41. The normalized spacial score (nSPS) is 29.9. The minimum Gasteiger partial charge on any atom is -0.486 e. The molecule has 31 heavy (non-hydrogen) atoms. The van der Waals surface area contributed by atoms with E-state index in [1.54, 1.807) is 35.5 Å². The van der Waals surface area contributed by atoms with Gasteiger partial charge in [-0.25, -0.2) is 0 Å². The SMILES string of the molecule is O=C(Nc1ccc2c(c1)OCCO2)[C@H]1[C@H]2C(=O)N(Cc3ccncc3)C[C@]23C=C[C@H]1O3. The van der Waals surface area contributed by atoms with Crippen LogP contribution in [0.4, 0.5) is 5.69 Å². The van der Waals surface area contributed by atoms with Crippen molar-refractivity contribution in [3.63, 3.8) is 0 Å². The van der Waals surface area contributed by atoms with E-state index in [9.17, 15) is 9.59 Å². The molecule has 158 valence electrons. The fraction of sp³-hybridized carbons (Fsp3) is 0.348. The van der Waals surface area contributed by atoms with Gasteiger partial charge in [0.25, 0.3) is 0 Å². The first kappa shape index (κ1) is 18.4. The van der Waals surface area contributed by atoms with E-state index in [0.29, 0.717) is 43.5 Å². The zero-order valence-corrected chi connectivity index (χ0v) is 16.7. The number of amides is 2. The van der Waals surface area contributed by atoms with E-state index in [1.807, 2.05) is 24.3 Å². The lowest BCUT2D eigenvalue weighted by molar-refractivity contribution is -0.136. The molecular formula is C23H21N3O5. The molecule has 4 aliphatic rings. The number of hydrogen-bond acceptors (Lipinski definition) is 6. The lowest BCUT2D eigenvalue weighted by atomic mass is 9.77. The average molecular weight is 419 g/mol. The van der Waals surface area contributed by atoms with Crippen LogP contribution in [-0.4, -0.2) is 53.2 Å². The summed E-state index contributed by atoms with van der Waals surface area (Å²) in [5.41, 5.74) is 0.869. The summed E-state index contributed by atoms with van der Waals surface area (Å²) in [7, 11) is 0. The van der Waals surface area contributed by atoms with Crippen LogP contribution in [0.3, 0.4) is 0 Å². The van der Waals surface area contributed by atoms with Gasteiger partial charge >= 0.3 is 0 Å². The zero-order chi connectivity index (χ0) is 21.0. The highest BCUT2D eigenvalue weighted by Crippen LogP contribution is 2.52. The molecule has 1 N–H and O–H groups in total. The second kappa shape index (κ2) is 6.81. The highest BCUT2D eigenvalue weighted by Gasteiger charge is 2.66. The summed E-state index contributed by atoms with van der Waals surface area (Å²) in [6.45, 7) is 1.89. The summed E-state index contributed by atoms with van der Waals surface area (Å²) in [6.07, 6.45) is 6.89. The lowest BCUT2D eigenvalue weighted by Gasteiger charge is -2.24. The number of rotatable bonds is 4. The number of aromatic nitrogens is 1. The molecule has 2 amide bonds. The Hall–Kier alpha value is -3.39. The Kier molecular flexibility index (Phi) is 4.04. The van der Waals surface area contributed by atoms with Crippen molar-refractivity contribution in [2.24, 2.45) is 11.8 Å². The first-order chi connectivity index (χ1) is 15.1. The smallest absolute Gasteiger partial charge is 0.231 e. The third kappa shape index (κ3) is 2.90. The van der Waals surface area contributed by atoms with Gasteiger partial charge in [-0.05, 0) is 29.8 Å². The molecule has 2 aromatic rings. The van der Waals surface area contributed by atoms with Gasteiger partial charge in [-0.1, -0.05) is 12.2 Å². The highest BCUT2D eigenvalue weighted by molar-refractivity contribution is 5.99. The van der Waals surface area contributed by atoms with Crippen molar-refractivity contribution in [3.05, 3.63) is 60.4 Å². The van der Waals surface area contributed by atoms with Crippen molar-refractivity contribution in [1.82, 2.24) is 9.88 Å². The summed E-state index contributed by atoms with van der Waals surface area (Å²) >= 11 is 0. The zero-order valence-electron chi connectivity index (χ0n) is 16.7. The van der Waals surface area contributed by atoms with Crippen molar-refractivity contribution in [2.45, 2.75) is 18.2 Å². The maximum absolute atomic E-state index is 13.3. The van der Waals surface area contributed by atoms with Gasteiger partial charge < -0.3 is 24.4 Å². The quantitative estimate of drug-likeness (QED) is 0.760. The van der Waals surface area contributed by atoms with Crippen molar-refractivity contribution in [1.29, 1.82) is 0 Å². The largest absolute Gasteiger partial charge is 0.486 e. The lowest BCUT2D eigenvalue weighted by Crippen LogP contribution is -2.41. The Bertz CT molecular complexity index is 1090. The number of carbonyl (C=O) groups excluding carboxylic acids is 2. The monoisotopic (exact) mass is 419 g/mol. The number of ether oxygens (including phenoxy) is 3. The van der Waals surface area contributed by atoms with E-state index < -0.39 is 23.5 Å². The van der Waals surface area contributed by atoms with Crippen molar-refractivity contribution in [2.75, 3.05) is 25.1 Å². The predicted octanol–water partition coefficient (Wildman–Crippen LogP) is 1.77. The first-order valence-electron chi connectivity index (χ1n) is 10.4. The molecule has 6 rings (SSSR count). The minimum absolute atomic E-state index is 0.0500. The van der Waals surface area contributed by atoms with Gasteiger partial charge in [0.2, 0.25) is 11.8 Å². The van der Waals surface area contributed by atoms with Gasteiger partial charge in [0, 0.05) is 30.7 Å². The Morgan fingerprint density at radius 1 is 1.16 bits per heavy atom. The van der Waals surface area contributed by atoms with Crippen molar-refractivity contribution >= 4 is 17.5 Å². The van der Waals surface area contributed by atoms with Crippen LogP contribution < -0.4 is 14.8 Å². The summed E-state index contributed by atoms with van der Waals surface area (Å²) in [5.74, 6) is -0.116. The second-order valence-electron chi connectivity index (χ2n) is 8.30. The Morgan fingerprint density at radius 3 is 2.81 bits per heavy atom. The van der Waals surface area contributed by atoms with Crippen LogP contribution in [0, 0.1) is 11.8 Å². The Labute approximate surface area is 178 Å². The fourth-order valence-electron chi connectivity index (χ4n) is 5.07. The number of nitrogens with zero attached hydrogens (tertiary/aromatic N) is 2. The Balaban J connectivity index is 1.23. The molecule has 8 nitrogen and oxygen atoms in total. The minimum atomic E-state index is -0.733. The third-order valence-corrected chi connectivity index (χ3v) is 6.41. The van der Waals surface area contributed by atoms with Crippen LogP contribution >= 0.6 is 0 Å². The molecule has 2 fully saturated rings. The molecule has 5 heterocycles. The van der Waals surface area contributed by atoms with Crippen molar-refractivity contribution < 1.29 is 23.8 Å². The second-order valence-corrected chi connectivity index (χ2v) is 8.30. The van der Waals surface area contributed by atoms with E-state index in [1.165, 1.54) is 0 Å². The molecule has 1 aromatic heterocycles. The number of carbonyl (C=O) groups is 2. The van der Waals surface area contributed by atoms with Crippen LogP contribution in [0.5, 0.6) is 11.5 Å². The van der Waals surface area contributed by atoms with Gasteiger partial charge in [-0.2, -0.15) is 0 Å². The van der Waals surface area contributed by atoms with E-state index in [0.717, 1.165) is 5.56 Å². The van der Waals surface area contributed by atoms with Gasteiger partial charge in [-0.3, -0.25) is 14.6 Å². The van der Waals surface area contributed by atoms with Crippen LogP contribution in [0.2, 0.25) is 0 Å². The number of anilines is 1. The molecule has 2 saturated heterocycles. The molecular weight excluding hydrogens is 398 g/mol. The summed E-state index contributed by atoms with van der Waals surface area (Å²) < 4.78 is 17.3. The molecule has 1 aromatic carbocycles. The standard InChI is InChI=1S/C23H21N3O5/c27-21(25-15-1-2-16-18(11-15)30-10-9-29-16)19-17-3-6-23(31-17)13-26(22(28)20(19)23)12-14-4-7-24-8-5-14/h1-8,11,17,19-20H,9-10,12-13H2,(H,25,27)/t17-,19-,20+,23-/m1/s1. The summed E-state index contributed by atoms with van der Waals surface area (Å²) in [5, 5.41) is 2.95. The maximum Gasteiger partial charge on any atom is 0.231 e. The molecule has 2 bridgehead atoms. The summed E-state index contributed by atoms with van der Waals surface area (Å²) in [4.78, 5) is 32.4. The number of hydrogen-bond donors (Lipinski definition) is 1. The number of pyridine rings is 1. The van der Waals surface area contributed by atoms with Crippen LogP contribution in [0.15, 0.2) is 54.9 Å². The number of likely N-dealkylation sites (tertiary alicyclic amines) is 1.